The minimum Gasteiger partial charge on any atom is -0.493 e. The van der Waals surface area contributed by atoms with Crippen molar-refractivity contribution >= 4 is 15.5 Å². The van der Waals surface area contributed by atoms with Crippen LogP contribution in [-0.4, -0.2) is 20.8 Å². The van der Waals surface area contributed by atoms with Crippen molar-refractivity contribution in [2.24, 2.45) is 0 Å². The van der Waals surface area contributed by atoms with Crippen LogP contribution in [0.1, 0.15) is 11.5 Å². The highest BCUT2D eigenvalue weighted by Crippen LogP contribution is 2.35. The average molecular weight is 307 g/mol. The Bertz CT molecular complexity index is 789. The number of hydrogen-bond donors (Lipinski definition) is 1. The summed E-state index contributed by atoms with van der Waals surface area (Å²) in [6.45, 7) is 0.287. The maximum atomic E-state index is 13.8. The molecule has 110 valence electrons. The van der Waals surface area contributed by atoms with E-state index in [2.05, 4.69) is 0 Å². The first-order chi connectivity index (χ1) is 9.97. The van der Waals surface area contributed by atoms with Gasteiger partial charge < -0.3 is 10.5 Å². The van der Waals surface area contributed by atoms with Crippen LogP contribution in [0.25, 0.3) is 0 Å². The van der Waals surface area contributed by atoms with Gasteiger partial charge in [0.25, 0.3) is 0 Å². The molecular formula is C15H14FNO3S. The molecule has 2 N–H and O–H groups in total. The molecule has 0 spiro atoms. The molecule has 2 aromatic carbocycles. The third-order valence-electron chi connectivity index (χ3n) is 3.51. The summed E-state index contributed by atoms with van der Waals surface area (Å²) < 4.78 is 44.1. The Kier molecular flexibility index (Phi) is 3.33. The number of halogens is 1. The molecule has 0 saturated carbocycles. The summed E-state index contributed by atoms with van der Waals surface area (Å²) in [5.41, 5.74) is 6.48. The van der Waals surface area contributed by atoms with Crippen LogP contribution in [0.4, 0.5) is 10.1 Å². The number of anilines is 1. The summed E-state index contributed by atoms with van der Waals surface area (Å²) in [5.74, 6) is -0.606. The standard InChI is InChI=1S/C15H14FNO3S/c16-13-7-11(17)5-6-15(13)21(18,19)9-10-8-20-14-4-2-1-3-12(10)14/h1-7,10H,8-9,17H2. The van der Waals surface area contributed by atoms with E-state index in [-0.39, 0.29) is 28.9 Å². The van der Waals surface area contributed by atoms with Gasteiger partial charge in [-0.05, 0) is 24.3 Å². The number of rotatable bonds is 3. The normalized spacial score (nSPS) is 17.3. The third-order valence-corrected chi connectivity index (χ3v) is 5.35. The predicted octanol–water partition coefficient (Wildman–Crippen LogP) is 2.36. The number of fused-ring (bicyclic) bond motifs is 1. The Balaban J connectivity index is 1.91. The van der Waals surface area contributed by atoms with Crippen LogP contribution in [0.5, 0.6) is 5.75 Å². The zero-order valence-electron chi connectivity index (χ0n) is 11.1. The van der Waals surface area contributed by atoms with E-state index in [4.69, 9.17) is 10.5 Å². The van der Waals surface area contributed by atoms with Gasteiger partial charge in [-0.1, -0.05) is 18.2 Å². The van der Waals surface area contributed by atoms with Gasteiger partial charge in [-0.15, -0.1) is 0 Å². The number of benzene rings is 2. The largest absolute Gasteiger partial charge is 0.493 e. The van der Waals surface area contributed by atoms with Crippen LogP contribution >= 0.6 is 0 Å². The number of sulfone groups is 1. The Morgan fingerprint density at radius 3 is 2.76 bits per heavy atom. The summed E-state index contributed by atoms with van der Waals surface area (Å²) in [6.07, 6.45) is 0. The van der Waals surface area contributed by atoms with Gasteiger partial charge in [0.2, 0.25) is 0 Å². The lowest BCUT2D eigenvalue weighted by Gasteiger charge is -2.11. The Labute approximate surface area is 122 Å². The van der Waals surface area contributed by atoms with Crippen molar-refractivity contribution in [3.05, 3.63) is 53.8 Å². The molecule has 1 aliphatic rings. The van der Waals surface area contributed by atoms with Crippen molar-refractivity contribution in [1.82, 2.24) is 0 Å². The van der Waals surface area contributed by atoms with E-state index in [9.17, 15) is 12.8 Å². The molecular weight excluding hydrogens is 293 g/mol. The molecule has 21 heavy (non-hydrogen) atoms. The molecule has 3 rings (SSSR count). The molecule has 0 bridgehead atoms. The first-order valence-electron chi connectivity index (χ1n) is 6.47. The van der Waals surface area contributed by atoms with E-state index in [1.165, 1.54) is 12.1 Å². The number of nitrogen functional groups attached to an aromatic ring is 1. The van der Waals surface area contributed by atoms with E-state index < -0.39 is 15.7 Å². The molecule has 1 heterocycles. The second-order valence-electron chi connectivity index (χ2n) is 5.02. The molecule has 0 fully saturated rings. The van der Waals surface area contributed by atoms with E-state index in [0.29, 0.717) is 5.75 Å². The van der Waals surface area contributed by atoms with Crippen molar-refractivity contribution in [2.75, 3.05) is 18.1 Å². The summed E-state index contributed by atoms with van der Waals surface area (Å²) in [5, 5.41) is 0. The van der Waals surface area contributed by atoms with Gasteiger partial charge >= 0.3 is 0 Å². The smallest absolute Gasteiger partial charge is 0.182 e. The zero-order chi connectivity index (χ0) is 15.0. The van der Waals surface area contributed by atoms with Crippen LogP contribution in [0.2, 0.25) is 0 Å². The average Bonchev–Trinajstić information content (AvgIpc) is 2.81. The van der Waals surface area contributed by atoms with Gasteiger partial charge in [0, 0.05) is 17.2 Å². The zero-order valence-corrected chi connectivity index (χ0v) is 11.9. The fourth-order valence-corrected chi connectivity index (χ4v) is 4.11. The van der Waals surface area contributed by atoms with Gasteiger partial charge in [-0.2, -0.15) is 0 Å². The van der Waals surface area contributed by atoms with Gasteiger partial charge in [-0.3, -0.25) is 0 Å². The fraction of sp³-hybridized carbons (Fsp3) is 0.200. The molecule has 0 aromatic heterocycles. The lowest BCUT2D eigenvalue weighted by Crippen LogP contribution is -2.17. The Hall–Kier alpha value is -2.08. The Morgan fingerprint density at radius 2 is 2.00 bits per heavy atom. The maximum Gasteiger partial charge on any atom is 0.182 e. The minimum absolute atomic E-state index is 0.190. The van der Waals surface area contributed by atoms with Gasteiger partial charge in [-0.25, -0.2) is 12.8 Å². The van der Waals surface area contributed by atoms with Crippen molar-refractivity contribution in [2.45, 2.75) is 10.8 Å². The predicted molar refractivity (Wildman–Crippen MR) is 77.5 cm³/mol. The lowest BCUT2D eigenvalue weighted by atomic mass is 10.0. The van der Waals surface area contributed by atoms with Gasteiger partial charge in [0.05, 0.1) is 12.4 Å². The van der Waals surface area contributed by atoms with Crippen LogP contribution in [-0.2, 0) is 9.84 Å². The molecule has 6 heteroatoms. The minimum atomic E-state index is -3.74. The van der Waals surface area contributed by atoms with Crippen molar-refractivity contribution in [3.8, 4) is 5.75 Å². The SMILES string of the molecule is Nc1ccc(S(=O)(=O)CC2COc3ccccc32)c(F)c1. The van der Waals surface area contributed by atoms with Crippen molar-refractivity contribution in [3.63, 3.8) is 0 Å². The first kappa shape index (κ1) is 13.9. The summed E-state index contributed by atoms with van der Waals surface area (Å²) in [4.78, 5) is -0.318. The number of para-hydroxylation sites is 1. The van der Waals surface area contributed by atoms with Crippen LogP contribution < -0.4 is 10.5 Å². The second-order valence-corrected chi connectivity index (χ2v) is 7.02. The summed E-state index contributed by atoms with van der Waals surface area (Å²) in [6, 6.07) is 10.9. The Morgan fingerprint density at radius 1 is 1.24 bits per heavy atom. The molecule has 1 aliphatic heterocycles. The quantitative estimate of drug-likeness (QED) is 0.884. The number of nitrogens with two attached hydrogens (primary N) is 1. The fourth-order valence-electron chi connectivity index (χ4n) is 2.49. The second kappa shape index (κ2) is 5.04. The molecule has 2 aromatic rings. The molecule has 1 atom stereocenters. The van der Waals surface area contributed by atoms with Crippen LogP contribution in [0, 0.1) is 5.82 Å². The lowest BCUT2D eigenvalue weighted by molar-refractivity contribution is 0.337. The van der Waals surface area contributed by atoms with Crippen LogP contribution in [0.3, 0.4) is 0 Å². The highest BCUT2D eigenvalue weighted by Gasteiger charge is 2.30. The molecule has 0 saturated heterocycles. The van der Waals surface area contributed by atoms with Crippen molar-refractivity contribution < 1.29 is 17.5 Å². The summed E-state index contributed by atoms with van der Waals surface area (Å²) >= 11 is 0. The van der Waals surface area contributed by atoms with Crippen LogP contribution in [0.15, 0.2) is 47.4 Å². The topological polar surface area (TPSA) is 69.4 Å². The molecule has 0 amide bonds. The number of hydrogen-bond acceptors (Lipinski definition) is 4. The highest BCUT2D eigenvalue weighted by molar-refractivity contribution is 7.91. The highest BCUT2D eigenvalue weighted by atomic mass is 32.2. The van der Waals surface area contributed by atoms with Crippen molar-refractivity contribution in [1.29, 1.82) is 0 Å². The van der Waals surface area contributed by atoms with Gasteiger partial charge in [0.1, 0.15) is 16.5 Å². The number of ether oxygens (including phenoxy) is 1. The molecule has 0 aliphatic carbocycles. The maximum absolute atomic E-state index is 13.8. The van der Waals surface area contributed by atoms with E-state index in [1.54, 1.807) is 6.07 Å². The molecule has 0 radical (unpaired) electrons. The molecule has 1 unspecified atom stereocenters. The molecule has 4 nitrogen and oxygen atoms in total. The summed E-state index contributed by atoms with van der Waals surface area (Å²) in [7, 11) is -3.74. The van der Waals surface area contributed by atoms with E-state index >= 15 is 0 Å². The van der Waals surface area contributed by atoms with E-state index in [1.807, 2.05) is 18.2 Å². The third kappa shape index (κ3) is 2.58. The van der Waals surface area contributed by atoms with Gasteiger partial charge in [0.15, 0.2) is 9.84 Å². The van der Waals surface area contributed by atoms with E-state index in [0.717, 1.165) is 11.6 Å². The monoisotopic (exact) mass is 307 g/mol. The first-order valence-corrected chi connectivity index (χ1v) is 8.12.